The first kappa shape index (κ1) is 14.8. The van der Waals surface area contributed by atoms with Crippen molar-refractivity contribution >= 4 is 0 Å². The summed E-state index contributed by atoms with van der Waals surface area (Å²) in [6.45, 7) is 8.52. The molecule has 2 aromatic carbocycles. The summed E-state index contributed by atoms with van der Waals surface area (Å²) in [6, 6.07) is 12.5. The first-order chi connectivity index (χ1) is 9.56. The summed E-state index contributed by atoms with van der Waals surface area (Å²) in [6.07, 6.45) is 1.52. The molecule has 0 fully saturated rings. The van der Waals surface area contributed by atoms with E-state index in [4.69, 9.17) is 0 Å². The molecule has 106 valence electrons. The van der Waals surface area contributed by atoms with Gasteiger partial charge >= 0.3 is 0 Å². The Balaban J connectivity index is 2.37. The SMILES string of the molecule is CCc1ccc(C(O)c2ccc(C)c(C)c2)cc1CC. The average Bonchev–Trinajstić information content (AvgIpc) is 2.48. The van der Waals surface area contributed by atoms with E-state index >= 15 is 0 Å². The van der Waals surface area contributed by atoms with Gasteiger partial charge in [-0.15, -0.1) is 0 Å². The molecule has 1 nitrogen and oxygen atoms in total. The zero-order valence-electron chi connectivity index (χ0n) is 12.9. The Kier molecular flexibility index (Phi) is 4.61. The van der Waals surface area contributed by atoms with E-state index in [-0.39, 0.29) is 0 Å². The summed E-state index contributed by atoms with van der Waals surface area (Å²) in [7, 11) is 0. The Labute approximate surface area is 122 Å². The van der Waals surface area contributed by atoms with E-state index in [2.05, 4.69) is 58.0 Å². The van der Waals surface area contributed by atoms with Crippen molar-refractivity contribution in [1.82, 2.24) is 0 Å². The van der Waals surface area contributed by atoms with Crippen molar-refractivity contribution in [3.63, 3.8) is 0 Å². The quantitative estimate of drug-likeness (QED) is 0.865. The van der Waals surface area contributed by atoms with E-state index in [1.807, 2.05) is 6.07 Å². The number of aliphatic hydroxyl groups excluding tert-OH is 1. The number of hydrogen-bond acceptors (Lipinski definition) is 1. The van der Waals surface area contributed by atoms with Crippen LogP contribution >= 0.6 is 0 Å². The summed E-state index contributed by atoms with van der Waals surface area (Å²) in [4.78, 5) is 0. The molecule has 0 spiro atoms. The number of benzene rings is 2. The zero-order chi connectivity index (χ0) is 14.7. The van der Waals surface area contributed by atoms with E-state index in [1.165, 1.54) is 22.3 Å². The third-order valence-electron chi connectivity index (χ3n) is 4.15. The molecule has 1 heteroatoms. The fraction of sp³-hybridized carbons (Fsp3) is 0.368. The Morgan fingerprint density at radius 1 is 0.800 bits per heavy atom. The molecule has 0 amide bonds. The molecule has 0 saturated carbocycles. The summed E-state index contributed by atoms with van der Waals surface area (Å²) < 4.78 is 0. The molecule has 2 aromatic rings. The van der Waals surface area contributed by atoms with Crippen LogP contribution in [0.2, 0.25) is 0 Å². The maximum Gasteiger partial charge on any atom is 0.104 e. The molecule has 2 rings (SSSR count). The Hall–Kier alpha value is -1.60. The van der Waals surface area contributed by atoms with Crippen LogP contribution in [-0.4, -0.2) is 5.11 Å². The van der Waals surface area contributed by atoms with Crippen LogP contribution in [0.5, 0.6) is 0 Å². The molecule has 1 N–H and O–H groups in total. The summed E-state index contributed by atoms with van der Waals surface area (Å²) in [5.74, 6) is 0. The minimum absolute atomic E-state index is 0.537. The van der Waals surface area contributed by atoms with Crippen LogP contribution in [0.3, 0.4) is 0 Å². The van der Waals surface area contributed by atoms with Crippen molar-refractivity contribution in [2.45, 2.75) is 46.6 Å². The van der Waals surface area contributed by atoms with Crippen LogP contribution in [-0.2, 0) is 12.8 Å². The van der Waals surface area contributed by atoms with E-state index < -0.39 is 6.10 Å². The van der Waals surface area contributed by atoms with Crippen LogP contribution in [0, 0.1) is 13.8 Å². The third-order valence-corrected chi connectivity index (χ3v) is 4.15. The normalized spacial score (nSPS) is 12.4. The van der Waals surface area contributed by atoms with Gasteiger partial charge in [0.1, 0.15) is 6.10 Å². The molecular weight excluding hydrogens is 244 g/mol. The van der Waals surface area contributed by atoms with Gasteiger partial charge in [-0.2, -0.15) is 0 Å². The minimum atomic E-state index is -0.537. The van der Waals surface area contributed by atoms with Crippen LogP contribution in [0.15, 0.2) is 36.4 Å². The van der Waals surface area contributed by atoms with Crippen molar-refractivity contribution in [1.29, 1.82) is 0 Å². The molecule has 20 heavy (non-hydrogen) atoms. The molecule has 1 unspecified atom stereocenters. The molecule has 1 atom stereocenters. The lowest BCUT2D eigenvalue weighted by Gasteiger charge is -2.16. The van der Waals surface area contributed by atoms with Crippen LogP contribution in [0.4, 0.5) is 0 Å². The van der Waals surface area contributed by atoms with Crippen molar-refractivity contribution in [2.24, 2.45) is 0 Å². The maximum absolute atomic E-state index is 10.6. The molecule has 0 aliphatic rings. The van der Waals surface area contributed by atoms with Gasteiger partial charge in [0, 0.05) is 0 Å². The summed E-state index contributed by atoms with van der Waals surface area (Å²) >= 11 is 0. The van der Waals surface area contributed by atoms with E-state index in [0.717, 1.165) is 24.0 Å². The van der Waals surface area contributed by atoms with Gasteiger partial charge in [-0.25, -0.2) is 0 Å². The first-order valence-corrected chi connectivity index (χ1v) is 7.43. The van der Waals surface area contributed by atoms with Gasteiger partial charge in [0.05, 0.1) is 0 Å². The summed E-state index contributed by atoms with van der Waals surface area (Å²) in [5.41, 5.74) is 7.16. The highest BCUT2D eigenvalue weighted by Crippen LogP contribution is 2.26. The lowest BCUT2D eigenvalue weighted by molar-refractivity contribution is 0.220. The van der Waals surface area contributed by atoms with Crippen LogP contribution in [0.25, 0.3) is 0 Å². The molecule has 0 saturated heterocycles. The van der Waals surface area contributed by atoms with Gasteiger partial charge in [-0.3, -0.25) is 0 Å². The molecule has 0 aliphatic heterocycles. The Bertz CT molecular complexity index is 599. The lowest BCUT2D eigenvalue weighted by Crippen LogP contribution is -2.03. The van der Waals surface area contributed by atoms with Crippen molar-refractivity contribution in [2.75, 3.05) is 0 Å². The maximum atomic E-state index is 10.6. The fourth-order valence-electron chi connectivity index (χ4n) is 2.62. The number of rotatable bonds is 4. The van der Waals surface area contributed by atoms with Gasteiger partial charge in [-0.05, 0) is 60.1 Å². The molecule has 0 heterocycles. The molecule has 0 radical (unpaired) electrons. The van der Waals surface area contributed by atoms with Crippen molar-refractivity contribution in [3.8, 4) is 0 Å². The first-order valence-electron chi connectivity index (χ1n) is 7.43. The van der Waals surface area contributed by atoms with E-state index in [9.17, 15) is 5.11 Å². The van der Waals surface area contributed by atoms with Crippen molar-refractivity contribution < 1.29 is 5.11 Å². The van der Waals surface area contributed by atoms with Crippen LogP contribution < -0.4 is 0 Å². The average molecular weight is 268 g/mol. The van der Waals surface area contributed by atoms with Gasteiger partial charge in [-0.1, -0.05) is 50.2 Å². The number of hydrogen-bond donors (Lipinski definition) is 1. The summed E-state index contributed by atoms with van der Waals surface area (Å²) in [5, 5.41) is 10.6. The van der Waals surface area contributed by atoms with Gasteiger partial charge in [0.2, 0.25) is 0 Å². The second-order valence-corrected chi connectivity index (χ2v) is 5.48. The predicted molar refractivity (Wildman–Crippen MR) is 85.2 cm³/mol. The number of aryl methyl sites for hydroxylation is 4. The largest absolute Gasteiger partial charge is 0.384 e. The number of aliphatic hydroxyl groups is 1. The zero-order valence-corrected chi connectivity index (χ0v) is 12.9. The molecule has 0 bridgehead atoms. The highest BCUT2D eigenvalue weighted by molar-refractivity contribution is 5.39. The highest BCUT2D eigenvalue weighted by Gasteiger charge is 2.12. The smallest absolute Gasteiger partial charge is 0.104 e. The standard InChI is InChI=1S/C19H24O/c1-5-15-9-10-18(12-16(15)6-2)19(20)17-8-7-13(3)14(4)11-17/h7-12,19-20H,5-6H2,1-4H3. The van der Waals surface area contributed by atoms with Gasteiger partial charge in [0.25, 0.3) is 0 Å². The third kappa shape index (κ3) is 2.94. The second kappa shape index (κ2) is 6.23. The lowest BCUT2D eigenvalue weighted by atomic mass is 9.93. The van der Waals surface area contributed by atoms with Crippen molar-refractivity contribution in [3.05, 3.63) is 69.8 Å². The fourth-order valence-corrected chi connectivity index (χ4v) is 2.62. The van der Waals surface area contributed by atoms with E-state index in [1.54, 1.807) is 0 Å². The highest BCUT2D eigenvalue weighted by atomic mass is 16.3. The molecule has 0 aromatic heterocycles. The topological polar surface area (TPSA) is 20.2 Å². The van der Waals surface area contributed by atoms with Gasteiger partial charge < -0.3 is 5.11 Å². The van der Waals surface area contributed by atoms with E-state index in [0.29, 0.717) is 0 Å². The minimum Gasteiger partial charge on any atom is -0.384 e. The molecule has 0 aliphatic carbocycles. The van der Waals surface area contributed by atoms with Gasteiger partial charge in [0.15, 0.2) is 0 Å². The Morgan fingerprint density at radius 2 is 1.40 bits per heavy atom. The second-order valence-electron chi connectivity index (χ2n) is 5.48. The van der Waals surface area contributed by atoms with Crippen LogP contribution in [0.1, 0.15) is 53.3 Å². The molecular formula is C19H24O. The predicted octanol–water partition coefficient (Wildman–Crippen LogP) is 4.51. The monoisotopic (exact) mass is 268 g/mol. The Morgan fingerprint density at radius 3 is 2.00 bits per heavy atom.